The maximum absolute atomic E-state index is 13.0. The minimum absolute atomic E-state index is 0.277. The summed E-state index contributed by atoms with van der Waals surface area (Å²) in [7, 11) is 0. The van der Waals surface area contributed by atoms with E-state index < -0.39 is 0 Å². The molecular formula is C22H16N6O. The number of nitriles is 1. The molecule has 29 heavy (non-hydrogen) atoms. The average molecular weight is 380 g/mol. The van der Waals surface area contributed by atoms with Crippen LogP contribution in [-0.2, 0) is 6.54 Å². The van der Waals surface area contributed by atoms with Crippen LogP contribution >= 0.6 is 0 Å². The number of nitrogens with zero attached hydrogens (tertiary/aromatic N) is 5. The quantitative estimate of drug-likeness (QED) is 0.569. The van der Waals surface area contributed by atoms with Crippen molar-refractivity contribution < 1.29 is 4.79 Å². The molecule has 0 fully saturated rings. The van der Waals surface area contributed by atoms with Gasteiger partial charge in [-0.3, -0.25) is 9.78 Å². The summed E-state index contributed by atoms with van der Waals surface area (Å²) in [4.78, 5) is 21.5. The Balaban J connectivity index is 1.66. The summed E-state index contributed by atoms with van der Waals surface area (Å²) in [6.07, 6.45) is 3.30. The van der Waals surface area contributed by atoms with Crippen molar-refractivity contribution in [1.82, 2.24) is 19.7 Å². The highest BCUT2D eigenvalue weighted by atomic mass is 16.2. The van der Waals surface area contributed by atoms with E-state index in [0.717, 1.165) is 11.1 Å². The molecule has 0 aliphatic heterocycles. The van der Waals surface area contributed by atoms with Crippen molar-refractivity contribution in [2.45, 2.75) is 6.54 Å². The Labute approximate surface area is 167 Å². The second-order valence-corrected chi connectivity index (χ2v) is 6.24. The van der Waals surface area contributed by atoms with Crippen LogP contribution in [0.25, 0.3) is 11.4 Å². The van der Waals surface area contributed by atoms with Crippen LogP contribution in [0.2, 0.25) is 0 Å². The van der Waals surface area contributed by atoms with Crippen molar-refractivity contribution in [3.63, 3.8) is 0 Å². The highest BCUT2D eigenvalue weighted by Crippen LogP contribution is 2.19. The van der Waals surface area contributed by atoms with E-state index in [1.807, 2.05) is 18.2 Å². The summed E-state index contributed by atoms with van der Waals surface area (Å²) in [6.45, 7) is 0.433. The molecule has 7 heteroatoms. The van der Waals surface area contributed by atoms with E-state index >= 15 is 0 Å². The summed E-state index contributed by atoms with van der Waals surface area (Å²) >= 11 is 0. The van der Waals surface area contributed by atoms with E-state index in [4.69, 9.17) is 5.26 Å². The summed E-state index contributed by atoms with van der Waals surface area (Å²) < 4.78 is 1.27. The Morgan fingerprint density at radius 1 is 1.00 bits per heavy atom. The van der Waals surface area contributed by atoms with Crippen LogP contribution in [0, 0.1) is 11.3 Å². The van der Waals surface area contributed by atoms with Crippen molar-refractivity contribution in [3.05, 3.63) is 95.8 Å². The van der Waals surface area contributed by atoms with Gasteiger partial charge in [0.1, 0.15) is 0 Å². The van der Waals surface area contributed by atoms with Gasteiger partial charge in [-0.25, -0.2) is 0 Å². The van der Waals surface area contributed by atoms with Gasteiger partial charge in [0.2, 0.25) is 5.95 Å². The zero-order chi connectivity index (χ0) is 20.1. The molecule has 2 heterocycles. The first-order chi connectivity index (χ1) is 14.2. The fraction of sp³-hybridized carbons (Fsp3) is 0.0455. The molecule has 0 aliphatic rings. The molecule has 0 radical (unpaired) electrons. The predicted octanol–water partition coefficient (Wildman–Crippen LogP) is 3.51. The molecule has 4 aromatic rings. The van der Waals surface area contributed by atoms with Gasteiger partial charge in [-0.05, 0) is 42.0 Å². The monoisotopic (exact) mass is 380 g/mol. The van der Waals surface area contributed by atoms with Gasteiger partial charge in [0.15, 0.2) is 5.82 Å². The number of pyridine rings is 1. The lowest BCUT2D eigenvalue weighted by Gasteiger charge is -2.07. The zero-order valence-corrected chi connectivity index (χ0v) is 15.4. The number of benzene rings is 2. The lowest BCUT2D eigenvalue weighted by Crippen LogP contribution is -2.17. The lowest BCUT2D eigenvalue weighted by atomic mass is 10.1. The molecule has 0 unspecified atom stereocenters. The maximum Gasteiger partial charge on any atom is 0.281 e. The molecule has 0 bridgehead atoms. The Morgan fingerprint density at radius 2 is 1.72 bits per heavy atom. The van der Waals surface area contributed by atoms with Crippen molar-refractivity contribution in [2.24, 2.45) is 0 Å². The second kappa shape index (κ2) is 8.15. The summed E-state index contributed by atoms with van der Waals surface area (Å²) in [5, 5.41) is 16.5. The number of carbonyl (C=O) groups is 1. The number of anilines is 1. The molecule has 7 nitrogen and oxygen atoms in total. The van der Waals surface area contributed by atoms with Crippen LogP contribution in [0.3, 0.4) is 0 Å². The average Bonchev–Trinajstić information content (AvgIpc) is 3.23. The summed E-state index contributed by atoms with van der Waals surface area (Å²) in [5.41, 5.74) is 2.83. The minimum Gasteiger partial charge on any atom is -0.350 e. The molecule has 0 saturated carbocycles. The summed E-state index contributed by atoms with van der Waals surface area (Å²) in [5.74, 6) is 0.495. The smallest absolute Gasteiger partial charge is 0.281 e. The van der Waals surface area contributed by atoms with Gasteiger partial charge in [0.05, 0.1) is 11.6 Å². The standard InChI is InChI=1S/C22H16N6O/c23-14-16-6-8-17(9-7-16)15-25-22-26-20(18-10-12-24-13-11-18)27-28(22)21(29)19-4-2-1-3-5-19/h1-13H,15H2,(H,25,26,27). The van der Waals surface area contributed by atoms with Gasteiger partial charge in [0, 0.05) is 30.1 Å². The van der Waals surface area contributed by atoms with E-state index in [-0.39, 0.29) is 5.91 Å². The fourth-order valence-corrected chi connectivity index (χ4v) is 2.77. The Bertz CT molecular complexity index is 1160. The highest BCUT2D eigenvalue weighted by molar-refractivity contribution is 5.97. The van der Waals surface area contributed by atoms with Gasteiger partial charge < -0.3 is 5.32 Å². The van der Waals surface area contributed by atoms with Crippen LogP contribution in [-0.4, -0.2) is 25.7 Å². The number of carbonyl (C=O) groups excluding carboxylic acids is 1. The van der Waals surface area contributed by atoms with Gasteiger partial charge in [-0.2, -0.15) is 14.9 Å². The van der Waals surface area contributed by atoms with Gasteiger partial charge >= 0.3 is 0 Å². The Morgan fingerprint density at radius 3 is 2.41 bits per heavy atom. The van der Waals surface area contributed by atoms with Gasteiger partial charge in [-0.1, -0.05) is 30.3 Å². The first kappa shape index (κ1) is 18.1. The molecule has 0 saturated heterocycles. The Hall–Kier alpha value is -4.31. The number of aromatic nitrogens is 4. The van der Waals surface area contributed by atoms with Crippen LogP contribution < -0.4 is 5.32 Å². The molecule has 0 aliphatic carbocycles. The van der Waals surface area contributed by atoms with E-state index in [9.17, 15) is 4.79 Å². The predicted molar refractivity (Wildman–Crippen MR) is 108 cm³/mol. The first-order valence-electron chi connectivity index (χ1n) is 8.95. The third kappa shape index (κ3) is 4.01. The van der Waals surface area contributed by atoms with E-state index in [2.05, 4.69) is 26.5 Å². The maximum atomic E-state index is 13.0. The van der Waals surface area contributed by atoms with Gasteiger partial charge in [-0.15, -0.1) is 5.10 Å². The number of hydrogen-bond donors (Lipinski definition) is 1. The fourth-order valence-electron chi connectivity index (χ4n) is 2.77. The molecule has 1 N–H and O–H groups in total. The molecule has 0 spiro atoms. The van der Waals surface area contributed by atoms with Crippen molar-refractivity contribution >= 4 is 11.9 Å². The first-order valence-corrected chi connectivity index (χ1v) is 8.95. The van der Waals surface area contributed by atoms with Crippen LogP contribution in [0.4, 0.5) is 5.95 Å². The van der Waals surface area contributed by atoms with E-state index in [1.54, 1.807) is 60.9 Å². The van der Waals surface area contributed by atoms with Crippen LogP contribution in [0.15, 0.2) is 79.1 Å². The topological polar surface area (TPSA) is 96.5 Å². The highest BCUT2D eigenvalue weighted by Gasteiger charge is 2.18. The van der Waals surface area contributed by atoms with Crippen molar-refractivity contribution in [1.29, 1.82) is 5.26 Å². The number of nitrogens with one attached hydrogen (secondary N) is 1. The van der Waals surface area contributed by atoms with Crippen LogP contribution in [0.5, 0.6) is 0 Å². The molecule has 2 aromatic heterocycles. The van der Waals surface area contributed by atoms with Crippen LogP contribution in [0.1, 0.15) is 21.5 Å². The molecule has 0 atom stereocenters. The van der Waals surface area contributed by atoms with Crippen molar-refractivity contribution in [2.75, 3.05) is 5.32 Å². The molecule has 0 amide bonds. The molecule has 140 valence electrons. The van der Waals surface area contributed by atoms with Gasteiger partial charge in [0.25, 0.3) is 5.91 Å². The minimum atomic E-state index is -0.277. The summed E-state index contributed by atoms with van der Waals surface area (Å²) in [6, 6.07) is 21.8. The normalized spacial score (nSPS) is 10.3. The number of hydrogen-bond acceptors (Lipinski definition) is 6. The second-order valence-electron chi connectivity index (χ2n) is 6.24. The number of rotatable bonds is 5. The Kier molecular flexibility index (Phi) is 5.08. The largest absolute Gasteiger partial charge is 0.350 e. The SMILES string of the molecule is N#Cc1ccc(CNc2nc(-c3ccncc3)nn2C(=O)c2ccccc2)cc1. The van der Waals surface area contributed by atoms with E-state index in [0.29, 0.717) is 29.4 Å². The molecule has 2 aromatic carbocycles. The zero-order valence-electron chi connectivity index (χ0n) is 15.4. The van der Waals surface area contributed by atoms with Crippen molar-refractivity contribution in [3.8, 4) is 17.5 Å². The third-order valence-corrected chi connectivity index (χ3v) is 4.29. The molecule has 4 rings (SSSR count). The molecular weight excluding hydrogens is 364 g/mol. The third-order valence-electron chi connectivity index (χ3n) is 4.29. The lowest BCUT2D eigenvalue weighted by molar-refractivity contribution is 0.0947. The van der Waals surface area contributed by atoms with E-state index in [1.165, 1.54) is 4.68 Å².